The Bertz CT molecular complexity index is 249. The number of carbonyl (C=O) groups excluding carboxylic acids is 2. The quantitative estimate of drug-likeness (QED) is 0.579. The van der Waals surface area contributed by atoms with E-state index >= 15 is 0 Å². The van der Waals surface area contributed by atoms with Crippen molar-refractivity contribution >= 4 is 23.9 Å². The van der Waals surface area contributed by atoms with Gasteiger partial charge in [0.2, 0.25) is 0 Å². The lowest BCUT2D eigenvalue weighted by atomic mass is 10.2. The van der Waals surface area contributed by atoms with E-state index in [1.54, 1.807) is 11.8 Å². The Hall–Kier alpha value is -0.910. The summed E-state index contributed by atoms with van der Waals surface area (Å²) in [5, 5.41) is 0. The molecule has 2 fully saturated rings. The summed E-state index contributed by atoms with van der Waals surface area (Å²) < 4.78 is 9.48. The molecular formula is C7H9NO4S. The summed E-state index contributed by atoms with van der Waals surface area (Å²) in [6.07, 6.45) is -1.35. The highest BCUT2D eigenvalue weighted by atomic mass is 32.2. The van der Waals surface area contributed by atoms with Crippen LogP contribution in [0.5, 0.6) is 0 Å². The fourth-order valence-electron chi connectivity index (χ4n) is 1.51. The molecule has 6 heteroatoms. The van der Waals surface area contributed by atoms with Crippen molar-refractivity contribution in [3.8, 4) is 0 Å². The largest absolute Gasteiger partial charge is 0.452 e. The molecule has 2 rings (SSSR count). The SMILES string of the molecule is COC(=O)N1C(=O)O[C@H]2CSC[C@@H]21. The molecule has 13 heavy (non-hydrogen) atoms. The fraction of sp³-hybridized carbons (Fsp3) is 0.714. The van der Waals surface area contributed by atoms with E-state index in [2.05, 4.69) is 4.74 Å². The van der Waals surface area contributed by atoms with Crippen LogP contribution in [-0.2, 0) is 9.47 Å². The van der Waals surface area contributed by atoms with Gasteiger partial charge in [-0.2, -0.15) is 11.8 Å². The summed E-state index contributed by atoms with van der Waals surface area (Å²) >= 11 is 1.67. The van der Waals surface area contributed by atoms with Crippen LogP contribution >= 0.6 is 11.8 Å². The second kappa shape index (κ2) is 3.10. The Kier molecular flexibility index (Phi) is 2.07. The number of amides is 2. The number of hydrogen-bond acceptors (Lipinski definition) is 5. The Morgan fingerprint density at radius 3 is 3.15 bits per heavy atom. The molecule has 0 N–H and O–H groups in total. The smallest absolute Gasteiger partial charge is 0.420 e. The van der Waals surface area contributed by atoms with Crippen molar-refractivity contribution in [2.75, 3.05) is 18.6 Å². The topological polar surface area (TPSA) is 55.8 Å². The Balaban J connectivity index is 2.16. The van der Waals surface area contributed by atoms with Crippen LogP contribution in [0.15, 0.2) is 0 Å². The lowest BCUT2D eigenvalue weighted by Gasteiger charge is -2.15. The molecule has 0 unspecified atom stereocenters. The van der Waals surface area contributed by atoms with Crippen LogP contribution in [0.25, 0.3) is 0 Å². The van der Waals surface area contributed by atoms with Crippen LogP contribution in [0, 0.1) is 0 Å². The summed E-state index contributed by atoms with van der Waals surface area (Å²) in [4.78, 5) is 23.4. The van der Waals surface area contributed by atoms with Gasteiger partial charge in [0.1, 0.15) is 6.10 Å². The van der Waals surface area contributed by atoms with Crippen LogP contribution < -0.4 is 0 Å². The maximum atomic E-state index is 11.2. The standard InChI is InChI=1S/C7H9NO4S/c1-11-6(9)8-4-2-13-3-5(4)12-7(8)10/h4-5H,2-3H2,1H3/t4-,5-/m0/s1. The van der Waals surface area contributed by atoms with E-state index in [1.165, 1.54) is 7.11 Å². The van der Waals surface area contributed by atoms with Gasteiger partial charge in [-0.15, -0.1) is 0 Å². The van der Waals surface area contributed by atoms with E-state index in [4.69, 9.17) is 4.74 Å². The first-order valence-corrected chi connectivity index (χ1v) is 5.05. The molecule has 2 atom stereocenters. The third-order valence-electron chi connectivity index (χ3n) is 2.15. The zero-order valence-electron chi connectivity index (χ0n) is 7.06. The van der Waals surface area contributed by atoms with Crippen molar-refractivity contribution in [1.29, 1.82) is 0 Å². The predicted molar refractivity (Wildman–Crippen MR) is 45.6 cm³/mol. The molecule has 0 aromatic rings. The van der Waals surface area contributed by atoms with E-state index in [0.717, 1.165) is 16.4 Å². The van der Waals surface area contributed by atoms with Gasteiger partial charge in [-0.1, -0.05) is 0 Å². The maximum absolute atomic E-state index is 11.2. The van der Waals surface area contributed by atoms with Gasteiger partial charge in [0.15, 0.2) is 0 Å². The maximum Gasteiger partial charge on any atom is 0.420 e. The van der Waals surface area contributed by atoms with E-state index < -0.39 is 12.2 Å². The van der Waals surface area contributed by atoms with Crippen LogP contribution in [0.3, 0.4) is 0 Å². The van der Waals surface area contributed by atoms with Gasteiger partial charge in [-0.3, -0.25) is 0 Å². The minimum absolute atomic E-state index is 0.134. The van der Waals surface area contributed by atoms with Crippen molar-refractivity contribution in [2.24, 2.45) is 0 Å². The monoisotopic (exact) mass is 203 g/mol. The van der Waals surface area contributed by atoms with E-state index in [9.17, 15) is 9.59 Å². The van der Waals surface area contributed by atoms with Crippen LogP contribution in [0.1, 0.15) is 0 Å². The van der Waals surface area contributed by atoms with Gasteiger partial charge in [0, 0.05) is 11.5 Å². The van der Waals surface area contributed by atoms with Crippen LogP contribution in [-0.4, -0.2) is 47.8 Å². The number of thioether (sulfide) groups is 1. The molecule has 0 saturated carbocycles. The lowest BCUT2D eigenvalue weighted by Crippen LogP contribution is -2.40. The highest BCUT2D eigenvalue weighted by Gasteiger charge is 2.48. The molecule has 0 spiro atoms. The van der Waals surface area contributed by atoms with Crippen molar-refractivity contribution in [1.82, 2.24) is 4.90 Å². The first-order valence-electron chi connectivity index (χ1n) is 3.89. The van der Waals surface area contributed by atoms with Gasteiger partial charge in [-0.05, 0) is 0 Å². The van der Waals surface area contributed by atoms with Gasteiger partial charge in [-0.25, -0.2) is 14.5 Å². The number of rotatable bonds is 0. The summed E-state index contributed by atoms with van der Waals surface area (Å²) in [6.45, 7) is 0. The zero-order chi connectivity index (χ0) is 9.42. The Morgan fingerprint density at radius 2 is 2.46 bits per heavy atom. The average molecular weight is 203 g/mol. The zero-order valence-corrected chi connectivity index (χ0v) is 7.87. The third kappa shape index (κ3) is 1.25. The first-order chi connectivity index (χ1) is 6.24. The predicted octanol–water partition coefficient (Wildman–Crippen LogP) is 0.689. The minimum Gasteiger partial charge on any atom is -0.452 e. The number of carbonyl (C=O) groups is 2. The van der Waals surface area contributed by atoms with Crippen molar-refractivity contribution in [3.05, 3.63) is 0 Å². The van der Waals surface area contributed by atoms with Crippen LogP contribution in [0.4, 0.5) is 9.59 Å². The van der Waals surface area contributed by atoms with Crippen molar-refractivity contribution < 1.29 is 19.1 Å². The normalized spacial score (nSPS) is 31.5. The molecule has 2 heterocycles. The summed E-state index contributed by atoms with van der Waals surface area (Å²) in [7, 11) is 1.25. The highest BCUT2D eigenvalue weighted by molar-refractivity contribution is 7.99. The molecule has 72 valence electrons. The number of ether oxygens (including phenoxy) is 2. The third-order valence-corrected chi connectivity index (χ3v) is 3.29. The number of nitrogens with zero attached hydrogens (tertiary/aromatic N) is 1. The second-order valence-electron chi connectivity index (χ2n) is 2.87. The number of hydrogen-bond donors (Lipinski definition) is 0. The highest BCUT2D eigenvalue weighted by Crippen LogP contribution is 2.31. The van der Waals surface area contributed by atoms with E-state index in [-0.39, 0.29) is 12.1 Å². The molecule has 2 amide bonds. The number of imide groups is 1. The molecule has 5 nitrogen and oxygen atoms in total. The van der Waals surface area contributed by atoms with Crippen molar-refractivity contribution in [2.45, 2.75) is 12.1 Å². The Morgan fingerprint density at radius 1 is 1.69 bits per heavy atom. The van der Waals surface area contributed by atoms with Gasteiger partial charge in [0.25, 0.3) is 0 Å². The Labute approximate surface area is 79.4 Å². The molecule has 0 bridgehead atoms. The lowest BCUT2D eigenvalue weighted by molar-refractivity contribution is 0.120. The number of methoxy groups -OCH3 is 1. The van der Waals surface area contributed by atoms with Gasteiger partial charge < -0.3 is 9.47 Å². The summed E-state index contributed by atoms with van der Waals surface area (Å²) in [5.74, 6) is 1.51. The molecule has 2 aliphatic heterocycles. The first kappa shape index (κ1) is 8.68. The molecular weight excluding hydrogens is 194 g/mol. The van der Waals surface area contributed by atoms with Crippen molar-refractivity contribution in [3.63, 3.8) is 0 Å². The molecule has 2 saturated heterocycles. The fourth-order valence-corrected chi connectivity index (χ4v) is 2.77. The summed E-state index contributed by atoms with van der Waals surface area (Å²) in [6, 6.07) is -0.134. The van der Waals surface area contributed by atoms with Crippen LogP contribution in [0.2, 0.25) is 0 Å². The minimum atomic E-state index is -0.625. The molecule has 2 aliphatic rings. The second-order valence-corrected chi connectivity index (χ2v) is 3.94. The van der Waals surface area contributed by atoms with Gasteiger partial charge >= 0.3 is 12.2 Å². The molecule has 0 aromatic carbocycles. The van der Waals surface area contributed by atoms with Gasteiger partial charge in [0.05, 0.1) is 13.2 Å². The average Bonchev–Trinajstić information content (AvgIpc) is 2.62. The summed E-state index contributed by atoms with van der Waals surface area (Å²) in [5.41, 5.74) is 0. The number of fused-ring (bicyclic) bond motifs is 1. The molecule has 0 aliphatic carbocycles. The van der Waals surface area contributed by atoms with E-state index in [1.807, 2.05) is 0 Å². The van der Waals surface area contributed by atoms with E-state index in [0.29, 0.717) is 0 Å². The molecule has 0 radical (unpaired) electrons. The molecule has 0 aromatic heterocycles.